The third kappa shape index (κ3) is 3.02. The molecule has 3 aromatic rings. The Kier molecular flexibility index (Phi) is 3.99. The van der Waals surface area contributed by atoms with Crippen LogP contribution in [0.4, 0.5) is 0 Å². The Morgan fingerprint density at radius 2 is 2.29 bits per heavy atom. The van der Waals surface area contributed by atoms with Gasteiger partial charge in [-0.2, -0.15) is 0 Å². The van der Waals surface area contributed by atoms with E-state index in [-0.39, 0.29) is 5.91 Å². The number of pyridine rings is 1. The van der Waals surface area contributed by atoms with Crippen molar-refractivity contribution in [1.82, 2.24) is 19.9 Å². The minimum Gasteiger partial charge on any atom is -0.345 e. The van der Waals surface area contributed by atoms with Gasteiger partial charge < -0.3 is 9.88 Å². The van der Waals surface area contributed by atoms with Crippen molar-refractivity contribution in [3.63, 3.8) is 0 Å². The van der Waals surface area contributed by atoms with E-state index in [2.05, 4.69) is 21.0 Å². The van der Waals surface area contributed by atoms with Gasteiger partial charge in [0.15, 0.2) is 0 Å². The van der Waals surface area contributed by atoms with Gasteiger partial charge in [0.25, 0.3) is 5.91 Å². The molecule has 1 unspecified atom stereocenters. The van der Waals surface area contributed by atoms with Gasteiger partial charge >= 0.3 is 0 Å². The van der Waals surface area contributed by atoms with Crippen molar-refractivity contribution in [2.75, 3.05) is 13.1 Å². The van der Waals surface area contributed by atoms with Gasteiger partial charge in [-0.05, 0) is 55.0 Å². The summed E-state index contributed by atoms with van der Waals surface area (Å²) in [7, 11) is 0. The van der Waals surface area contributed by atoms with Gasteiger partial charge in [-0.3, -0.25) is 9.78 Å². The predicted octanol–water partition coefficient (Wildman–Crippen LogP) is 3.05. The quantitative estimate of drug-likeness (QED) is 0.807. The molecule has 1 N–H and O–H groups in total. The lowest BCUT2D eigenvalue weighted by Crippen LogP contribution is -2.40. The third-order valence-corrected chi connectivity index (χ3v) is 4.72. The molecular formula is C19H20N4O. The minimum absolute atomic E-state index is 0.113. The summed E-state index contributed by atoms with van der Waals surface area (Å²) >= 11 is 0. The van der Waals surface area contributed by atoms with Crippen LogP contribution in [0.15, 0.2) is 49.1 Å². The molecule has 122 valence electrons. The number of aromatic nitrogens is 3. The highest BCUT2D eigenvalue weighted by Crippen LogP contribution is 2.23. The number of carbonyl (C=O) groups excluding carboxylic acids is 1. The van der Waals surface area contributed by atoms with Gasteiger partial charge in [0.05, 0.1) is 17.4 Å². The lowest BCUT2D eigenvalue weighted by molar-refractivity contribution is 0.0673. The molecule has 1 aliphatic rings. The fourth-order valence-electron chi connectivity index (χ4n) is 3.52. The topological polar surface area (TPSA) is 61.9 Å². The summed E-state index contributed by atoms with van der Waals surface area (Å²) in [5.74, 6) is 0.616. The summed E-state index contributed by atoms with van der Waals surface area (Å²) in [6.07, 6.45) is 8.58. The van der Waals surface area contributed by atoms with Gasteiger partial charge in [0.1, 0.15) is 0 Å². The molecule has 5 heteroatoms. The van der Waals surface area contributed by atoms with Gasteiger partial charge in [-0.1, -0.05) is 6.07 Å². The number of amides is 1. The Labute approximate surface area is 140 Å². The molecule has 24 heavy (non-hydrogen) atoms. The van der Waals surface area contributed by atoms with Crippen molar-refractivity contribution < 1.29 is 4.79 Å². The molecule has 1 atom stereocenters. The molecular weight excluding hydrogens is 300 g/mol. The first kappa shape index (κ1) is 14.9. The molecule has 1 amide bonds. The highest BCUT2D eigenvalue weighted by molar-refractivity contribution is 5.97. The molecule has 0 aliphatic carbocycles. The van der Waals surface area contributed by atoms with Crippen LogP contribution in [0, 0.1) is 5.92 Å². The average molecular weight is 320 g/mol. The molecule has 1 aromatic carbocycles. The van der Waals surface area contributed by atoms with E-state index in [9.17, 15) is 4.79 Å². The minimum atomic E-state index is 0.113. The monoisotopic (exact) mass is 320 g/mol. The lowest BCUT2D eigenvalue weighted by atomic mass is 9.91. The number of piperidine rings is 1. The number of hydrogen-bond donors (Lipinski definition) is 1. The summed E-state index contributed by atoms with van der Waals surface area (Å²) < 4.78 is 0. The third-order valence-electron chi connectivity index (χ3n) is 4.72. The summed E-state index contributed by atoms with van der Waals surface area (Å²) in [5, 5.41) is 0. The first-order valence-electron chi connectivity index (χ1n) is 8.41. The molecule has 0 saturated carbocycles. The van der Waals surface area contributed by atoms with Crippen molar-refractivity contribution >= 4 is 16.9 Å². The molecule has 1 fully saturated rings. The summed E-state index contributed by atoms with van der Waals surface area (Å²) in [6.45, 7) is 1.65. The number of H-pyrrole nitrogens is 1. The average Bonchev–Trinajstić information content (AvgIpc) is 3.10. The van der Waals surface area contributed by atoms with Crippen LogP contribution in [-0.4, -0.2) is 38.8 Å². The van der Waals surface area contributed by atoms with Crippen LogP contribution in [-0.2, 0) is 6.42 Å². The van der Waals surface area contributed by atoms with Gasteiger partial charge in [-0.15, -0.1) is 0 Å². The van der Waals surface area contributed by atoms with E-state index >= 15 is 0 Å². The molecule has 0 spiro atoms. The Bertz CT molecular complexity index is 843. The fraction of sp³-hybridized carbons (Fsp3) is 0.316. The predicted molar refractivity (Wildman–Crippen MR) is 92.7 cm³/mol. The maximum Gasteiger partial charge on any atom is 0.253 e. The molecule has 1 saturated heterocycles. The van der Waals surface area contributed by atoms with E-state index in [0.717, 1.165) is 48.9 Å². The number of imidazole rings is 1. The second kappa shape index (κ2) is 6.43. The number of hydrogen-bond acceptors (Lipinski definition) is 3. The number of fused-ring (bicyclic) bond motifs is 1. The number of aromatic amines is 1. The van der Waals surface area contributed by atoms with Crippen LogP contribution < -0.4 is 0 Å². The van der Waals surface area contributed by atoms with E-state index < -0.39 is 0 Å². The van der Waals surface area contributed by atoms with Crippen LogP contribution >= 0.6 is 0 Å². The number of rotatable bonds is 3. The number of likely N-dealkylation sites (tertiary alicyclic amines) is 1. The van der Waals surface area contributed by atoms with Gasteiger partial charge in [0, 0.05) is 31.0 Å². The second-order valence-electron chi connectivity index (χ2n) is 6.46. The maximum atomic E-state index is 12.8. The molecule has 0 bridgehead atoms. The summed E-state index contributed by atoms with van der Waals surface area (Å²) in [6, 6.07) is 9.75. The maximum absolute atomic E-state index is 12.8. The number of benzene rings is 1. The van der Waals surface area contributed by atoms with Crippen LogP contribution in [0.5, 0.6) is 0 Å². The largest absolute Gasteiger partial charge is 0.345 e. The highest BCUT2D eigenvalue weighted by Gasteiger charge is 2.24. The molecule has 3 heterocycles. The van der Waals surface area contributed by atoms with Crippen LogP contribution in [0.3, 0.4) is 0 Å². The van der Waals surface area contributed by atoms with Crippen molar-refractivity contribution in [2.24, 2.45) is 5.92 Å². The Balaban J connectivity index is 1.47. The number of nitrogens with one attached hydrogen (secondary N) is 1. The van der Waals surface area contributed by atoms with E-state index in [1.807, 2.05) is 35.4 Å². The zero-order valence-electron chi connectivity index (χ0n) is 13.5. The second-order valence-corrected chi connectivity index (χ2v) is 6.46. The Morgan fingerprint density at radius 3 is 3.17 bits per heavy atom. The normalized spacial score (nSPS) is 18.0. The zero-order chi connectivity index (χ0) is 16.4. The van der Waals surface area contributed by atoms with E-state index in [4.69, 9.17) is 0 Å². The van der Waals surface area contributed by atoms with E-state index in [0.29, 0.717) is 5.92 Å². The van der Waals surface area contributed by atoms with Crippen molar-refractivity contribution in [3.8, 4) is 0 Å². The van der Waals surface area contributed by atoms with Crippen molar-refractivity contribution in [3.05, 3.63) is 60.2 Å². The highest BCUT2D eigenvalue weighted by atomic mass is 16.2. The van der Waals surface area contributed by atoms with Crippen LogP contribution in [0.1, 0.15) is 28.8 Å². The summed E-state index contributed by atoms with van der Waals surface area (Å²) in [4.78, 5) is 26.3. The SMILES string of the molecule is O=C(c1ccc2nc[nH]c2c1)N1CCCC(Cc2cccnc2)C1. The van der Waals surface area contributed by atoms with E-state index in [1.165, 1.54) is 5.56 Å². The number of nitrogens with zero attached hydrogens (tertiary/aromatic N) is 3. The van der Waals surface area contributed by atoms with E-state index in [1.54, 1.807) is 12.5 Å². The van der Waals surface area contributed by atoms with Crippen LogP contribution in [0.25, 0.3) is 11.0 Å². The fourth-order valence-corrected chi connectivity index (χ4v) is 3.52. The molecule has 5 nitrogen and oxygen atoms in total. The molecule has 2 aromatic heterocycles. The van der Waals surface area contributed by atoms with Gasteiger partial charge in [-0.25, -0.2) is 4.98 Å². The Hall–Kier alpha value is -2.69. The van der Waals surface area contributed by atoms with Crippen molar-refractivity contribution in [1.29, 1.82) is 0 Å². The molecule has 1 aliphatic heterocycles. The first-order valence-corrected chi connectivity index (χ1v) is 8.41. The first-order chi connectivity index (χ1) is 11.8. The number of carbonyl (C=O) groups is 1. The standard InChI is InChI=1S/C19H20N4O/c24-19(16-5-6-17-18(10-16)22-13-21-17)23-8-2-4-15(12-23)9-14-3-1-7-20-11-14/h1,3,5-7,10-11,13,15H,2,4,8-9,12H2,(H,21,22). The van der Waals surface area contributed by atoms with Gasteiger partial charge in [0.2, 0.25) is 0 Å². The molecule has 4 rings (SSSR count). The Morgan fingerprint density at radius 1 is 1.33 bits per heavy atom. The summed E-state index contributed by atoms with van der Waals surface area (Å²) in [5.41, 5.74) is 3.77. The zero-order valence-corrected chi connectivity index (χ0v) is 13.5. The smallest absolute Gasteiger partial charge is 0.253 e. The molecule has 0 radical (unpaired) electrons. The van der Waals surface area contributed by atoms with Crippen molar-refractivity contribution in [2.45, 2.75) is 19.3 Å². The lowest BCUT2D eigenvalue weighted by Gasteiger charge is -2.33. The van der Waals surface area contributed by atoms with Crippen LogP contribution in [0.2, 0.25) is 0 Å².